The van der Waals surface area contributed by atoms with Gasteiger partial charge in [0, 0.05) is 13.1 Å². The second-order valence-corrected chi connectivity index (χ2v) is 7.88. The summed E-state index contributed by atoms with van der Waals surface area (Å²) in [6.45, 7) is -0.184. The van der Waals surface area contributed by atoms with Gasteiger partial charge in [-0.1, -0.05) is 42.5 Å². The predicted molar refractivity (Wildman–Crippen MR) is 120 cm³/mol. The highest BCUT2D eigenvalue weighted by Gasteiger charge is 2.44. The standard InChI is InChI=1S/C24H31NO9/c1-31-18-9-7-16(8-10-18)13-25(24(30)33-15-17-5-3-2-4-6-17)11-12-32-23-22(29)21(28)20(27)19(14-26)34-23/h2-10,19-23,26-29H,11-15H2,1H3/t19-,20-,21+,22-,23-/m1/s1. The number of ether oxygens (including phenoxy) is 4. The Balaban J connectivity index is 1.61. The van der Waals surface area contributed by atoms with E-state index >= 15 is 0 Å². The number of hydrogen-bond donors (Lipinski definition) is 4. The molecule has 1 aliphatic heterocycles. The van der Waals surface area contributed by atoms with Gasteiger partial charge in [-0.05, 0) is 23.3 Å². The van der Waals surface area contributed by atoms with Crippen LogP contribution in [0.3, 0.4) is 0 Å². The Labute approximate surface area is 197 Å². The molecule has 10 heteroatoms. The lowest BCUT2D eigenvalue weighted by molar-refractivity contribution is -0.301. The first-order chi connectivity index (χ1) is 16.4. The third kappa shape index (κ3) is 6.89. The minimum absolute atomic E-state index is 0.0563. The Kier molecular flexibility index (Phi) is 9.63. The molecule has 1 amide bonds. The zero-order valence-electron chi connectivity index (χ0n) is 18.9. The molecule has 2 aromatic carbocycles. The van der Waals surface area contributed by atoms with Gasteiger partial charge in [0.2, 0.25) is 0 Å². The molecule has 0 saturated carbocycles. The first kappa shape index (κ1) is 25.9. The Morgan fingerprint density at radius 2 is 1.68 bits per heavy atom. The maximum Gasteiger partial charge on any atom is 0.410 e. The van der Waals surface area contributed by atoms with E-state index in [2.05, 4.69) is 0 Å². The van der Waals surface area contributed by atoms with Gasteiger partial charge in [0.05, 0.1) is 20.3 Å². The van der Waals surface area contributed by atoms with Crippen molar-refractivity contribution in [3.63, 3.8) is 0 Å². The first-order valence-corrected chi connectivity index (χ1v) is 10.9. The van der Waals surface area contributed by atoms with E-state index in [-0.39, 0.29) is 26.3 Å². The zero-order valence-corrected chi connectivity index (χ0v) is 18.9. The van der Waals surface area contributed by atoms with Crippen molar-refractivity contribution in [3.8, 4) is 5.75 Å². The number of rotatable bonds is 10. The van der Waals surface area contributed by atoms with Crippen molar-refractivity contribution in [2.24, 2.45) is 0 Å². The number of carbonyl (C=O) groups excluding carboxylic acids is 1. The van der Waals surface area contributed by atoms with Crippen molar-refractivity contribution < 1.29 is 44.2 Å². The van der Waals surface area contributed by atoms with Crippen molar-refractivity contribution in [1.29, 1.82) is 0 Å². The largest absolute Gasteiger partial charge is 0.497 e. The molecule has 1 aliphatic rings. The molecule has 10 nitrogen and oxygen atoms in total. The van der Waals surface area contributed by atoms with Crippen LogP contribution in [0.15, 0.2) is 54.6 Å². The smallest absolute Gasteiger partial charge is 0.410 e. The van der Waals surface area contributed by atoms with Gasteiger partial charge in [-0.25, -0.2) is 4.79 Å². The van der Waals surface area contributed by atoms with E-state index in [1.54, 1.807) is 19.2 Å². The fourth-order valence-electron chi connectivity index (χ4n) is 3.48. The van der Waals surface area contributed by atoms with Gasteiger partial charge in [-0.3, -0.25) is 0 Å². The molecule has 0 unspecified atom stereocenters. The van der Waals surface area contributed by atoms with Gasteiger partial charge in [0.15, 0.2) is 6.29 Å². The number of amides is 1. The van der Waals surface area contributed by atoms with Crippen LogP contribution in [-0.4, -0.2) is 89.0 Å². The van der Waals surface area contributed by atoms with Crippen molar-refractivity contribution in [2.75, 3.05) is 26.9 Å². The van der Waals surface area contributed by atoms with Gasteiger partial charge in [-0.2, -0.15) is 0 Å². The van der Waals surface area contributed by atoms with Crippen LogP contribution in [0.4, 0.5) is 4.79 Å². The molecule has 0 aliphatic carbocycles. The third-order valence-corrected chi connectivity index (χ3v) is 5.49. The molecule has 0 bridgehead atoms. The van der Waals surface area contributed by atoms with Gasteiger partial charge < -0.3 is 44.3 Å². The number of benzene rings is 2. The lowest BCUT2D eigenvalue weighted by Gasteiger charge is -2.39. The zero-order chi connectivity index (χ0) is 24.5. The molecule has 1 heterocycles. The summed E-state index contributed by atoms with van der Waals surface area (Å²) in [6, 6.07) is 16.5. The normalized spacial score (nSPS) is 24.4. The lowest BCUT2D eigenvalue weighted by Crippen LogP contribution is -2.59. The Bertz CT molecular complexity index is 878. The van der Waals surface area contributed by atoms with Crippen LogP contribution in [0.1, 0.15) is 11.1 Å². The topological polar surface area (TPSA) is 138 Å². The van der Waals surface area contributed by atoms with Crippen LogP contribution in [0.2, 0.25) is 0 Å². The van der Waals surface area contributed by atoms with Crippen LogP contribution >= 0.6 is 0 Å². The second-order valence-electron chi connectivity index (χ2n) is 7.88. The molecule has 4 N–H and O–H groups in total. The number of hydrogen-bond acceptors (Lipinski definition) is 9. The van der Waals surface area contributed by atoms with Crippen LogP contribution in [-0.2, 0) is 27.4 Å². The van der Waals surface area contributed by atoms with E-state index in [1.807, 2.05) is 42.5 Å². The van der Waals surface area contributed by atoms with Crippen molar-refractivity contribution in [1.82, 2.24) is 4.90 Å². The fraction of sp³-hybridized carbons (Fsp3) is 0.458. The van der Waals surface area contributed by atoms with E-state index in [0.29, 0.717) is 5.75 Å². The van der Waals surface area contributed by atoms with E-state index < -0.39 is 43.4 Å². The minimum Gasteiger partial charge on any atom is -0.497 e. The molecule has 0 aromatic heterocycles. The van der Waals surface area contributed by atoms with E-state index in [9.17, 15) is 25.2 Å². The molecule has 3 rings (SSSR count). The van der Waals surface area contributed by atoms with Gasteiger partial charge >= 0.3 is 6.09 Å². The highest BCUT2D eigenvalue weighted by molar-refractivity contribution is 5.67. The average molecular weight is 478 g/mol. The maximum atomic E-state index is 12.8. The molecular weight excluding hydrogens is 446 g/mol. The summed E-state index contributed by atoms with van der Waals surface area (Å²) in [6.07, 6.45) is -7.44. The molecular formula is C24H31NO9. The summed E-state index contributed by atoms with van der Waals surface area (Å²) in [5.41, 5.74) is 1.68. The van der Waals surface area contributed by atoms with E-state index in [1.165, 1.54) is 4.90 Å². The van der Waals surface area contributed by atoms with Crippen LogP contribution in [0.5, 0.6) is 5.75 Å². The van der Waals surface area contributed by atoms with Gasteiger partial charge in [-0.15, -0.1) is 0 Å². The quantitative estimate of drug-likeness (QED) is 0.389. The molecule has 1 saturated heterocycles. The summed E-state index contributed by atoms with van der Waals surface area (Å²) in [5, 5.41) is 39.2. The Hall–Kier alpha value is -2.73. The molecule has 0 radical (unpaired) electrons. The molecule has 5 atom stereocenters. The Morgan fingerprint density at radius 3 is 2.32 bits per heavy atom. The van der Waals surface area contributed by atoms with Crippen molar-refractivity contribution >= 4 is 6.09 Å². The third-order valence-electron chi connectivity index (χ3n) is 5.49. The predicted octanol–water partition coefficient (Wildman–Crippen LogP) is 0.651. The SMILES string of the molecule is COc1ccc(CN(CCO[C@@H]2O[C@H](CO)[C@@H](O)[C@H](O)[C@H]2O)C(=O)OCc2ccccc2)cc1. The monoisotopic (exact) mass is 477 g/mol. The fourth-order valence-corrected chi connectivity index (χ4v) is 3.48. The number of nitrogens with zero attached hydrogens (tertiary/aromatic N) is 1. The Morgan fingerprint density at radius 1 is 0.971 bits per heavy atom. The number of aliphatic hydroxyl groups is 4. The average Bonchev–Trinajstić information content (AvgIpc) is 2.87. The van der Waals surface area contributed by atoms with E-state index in [4.69, 9.17) is 18.9 Å². The molecule has 34 heavy (non-hydrogen) atoms. The van der Waals surface area contributed by atoms with E-state index in [0.717, 1.165) is 11.1 Å². The molecule has 2 aromatic rings. The summed E-state index contributed by atoms with van der Waals surface area (Å²) in [7, 11) is 1.57. The molecule has 1 fully saturated rings. The van der Waals surface area contributed by atoms with Crippen molar-refractivity contribution in [2.45, 2.75) is 43.9 Å². The molecule has 0 spiro atoms. The number of carbonyl (C=O) groups is 1. The summed E-state index contributed by atoms with van der Waals surface area (Å²) in [4.78, 5) is 14.3. The lowest BCUT2D eigenvalue weighted by atomic mass is 9.99. The number of methoxy groups -OCH3 is 1. The number of aliphatic hydroxyl groups excluding tert-OH is 4. The van der Waals surface area contributed by atoms with Crippen LogP contribution in [0.25, 0.3) is 0 Å². The highest BCUT2D eigenvalue weighted by atomic mass is 16.7. The van der Waals surface area contributed by atoms with Crippen molar-refractivity contribution in [3.05, 3.63) is 65.7 Å². The van der Waals surface area contributed by atoms with Gasteiger partial charge in [0.25, 0.3) is 0 Å². The summed E-state index contributed by atoms with van der Waals surface area (Å²) in [5.74, 6) is 0.688. The second kappa shape index (κ2) is 12.7. The molecule has 186 valence electrons. The highest BCUT2D eigenvalue weighted by Crippen LogP contribution is 2.22. The minimum atomic E-state index is -1.54. The summed E-state index contributed by atoms with van der Waals surface area (Å²) >= 11 is 0. The maximum absolute atomic E-state index is 12.8. The first-order valence-electron chi connectivity index (χ1n) is 10.9. The van der Waals surface area contributed by atoms with Gasteiger partial charge in [0.1, 0.15) is 36.8 Å². The summed E-state index contributed by atoms with van der Waals surface area (Å²) < 4.78 is 21.5. The van der Waals surface area contributed by atoms with Crippen LogP contribution < -0.4 is 4.74 Å². The van der Waals surface area contributed by atoms with Crippen LogP contribution in [0, 0.1) is 0 Å².